The standard InChI is InChI=1S/C20H19N5O3S/c1-14(15-6-8-16(9-7-15)25-11-10-21-13-25)23-19(26)12-22-20-17-4-2-3-5-18(17)29(27,28)24-20/h2-11,13-14H,12H2,1H3,(H,22,24)(H,23,26)/t14-/m0/s1. The van der Waals surface area contributed by atoms with Crippen molar-refractivity contribution in [3.63, 3.8) is 0 Å². The van der Waals surface area contributed by atoms with Gasteiger partial charge in [0.2, 0.25) is 5.91 Å². The van der Waals surface area contributed by atoms with Crippen LogP contribution in [0.3, 0.4) is 0 Å². The fourth-order valence-corrected chi connectivity index (χ4v) is 4.37. The van der Waals surface area contributed by atoms with Crippen LogP contribution < -0.4 is 10.0 Å². The predicted molar refractivity (Wildman–Crippen MR) is 108 cm³/mol. The SMILES string of the molecule is C[C@H](NC(=O)CN=C1NS(=O)(=O)c2ccccc21)c1ccc(-n2ccnc2)cc1. The zero-order valence-corrected chi connectivity index (χ0v) is 16.4. The molecule has 1 aliphatic heterocycles. The lowest BCUT2D eigenvalue weighted by Crippen LogP contribution is -2.30. The molecule has 148 valence electrons. The van der Waals surface area contributed by atoms with Crippen molar-refractivity contribution in [1.82, 2.24) is 19.6 Å². The average molecular weight is 409 g/mol. The molecule has 0 spiro atoms. The van der Waals surface area contributed by atoms with Crippen LogP contribution in [0, 0.1) is 0 Å². The summed E-state index contributed by atoms with van der Waals surface area (Å²) in [6.07, 6.45) is 5.28. The van der Waals surface area contributed by atoms with Crippen molar-refractivity contribution in [1.29, 1.82) is 0 Å². The second-order valence-corrected chi connectivity index (χ2v) is 8.27. The monoisotopic (exact) mass is 409 g/mol. The zero-order valence-electron chi connectivity index (χ0n) is 15.6. The highest BCUT2D eigenvalue weighted by atomic mass is 32.2. The van der Waals surface area contributed by atoms with Crippen molar-refractivity contribution in [3.05, 3.63) is 78.4 Å². The van der Waals surface area contributed by atoms with Gasteiger partial charge in [-0.1, -0.05) is 24.3 Å². The van der Waals surface area contributed by atoms with E-state index in [1.165, 1.54) is 6.07 Å². The van der Waals surface area contributed by atoms with Crippen molar-refractivity contribution < 1.29 is 13.2 Å². The fraction of sp³-hybridized carbons (Fsp3) is 0.150. The summed E-state index contributed by atoms with van der Waals surface area (Å²) in [7, 11) is -3.61. The maximum atomic E-state index is 12.3. The van der Waals surface area contributed by atoms with Crippen LogP contribution in [0.2, 0.25) is 0 Å². The minimum absolute atomic E-state index is 0.172. The number of nitrogens with zero attached hydrogens (tertiary/aromatic N) is 3. The van der Waals surface area contributed by atoms with Crippen molar-refractivity contribution in [2.75, 3.05) is 6.54 Å². The van der Waals surface area contributed by atoms with E-state index in [1.807, 2.05) is 42.0 Å². The fourth-order valence-electron chi connectivity index (χ4n) is 3.12. The van der Waals surface area contributed by atoms with Gasteiger partial charge in [-0.15, -0.1) is 0 Å². The largest absolute Gasteiger partial charge is 0.348 e. The van der Waals surface area contributed by atoms with E-state index in [0.29, 0.717) is 5.56 Å². The maximum absolute atomic E-state index is 12.3. The Balaban J connectivity index is 1.41. The van der Waals surface area contributed by atoms with E-state index >= 15 is 0 Å². The molecule has 0 bridgehead atoms. The lowest BCUT2D eigenvalue weighted by atomic mass is 10.1. The third-order valence-corrected chi connectivity index (χ3v) is 6.01. The van der Waals surface area contributed by atoms with Gasteiger partial charge in [-0.3, -0.25) is 14.5 Å². The first-order valence-electron chi connectivity index (χ1n) is 8.98. The van der Waals surface area contributed by atoms with Crippen LogP contribution in [0.5, 0.6) is 0 Å². The Labute approximate surface area is 168 Å². The molecule has 0 radical (unpaired) electrons. The van der Waals surface area contributed by atoms with Crippen molar-refractivity contribution in [3.8, 4) is 5.69 Å². The molecule has 2 heterocycles. The smallest absolute Gasteiger partial charge is 0.263 e. The van der Waals surface area contributed by atoms with Gasteiger partial charge >= 0.3 is 0 Å². The first kappa shape index (κ1) is 18.9. The Hall–Kier alpha value is -3.46. The van der Waals surface area contributed by atoms with Gasteiger partial charge < -0.3 is 9.88 Å². The molecule has 1 aliphatic rings. The number of amidine groups is 1. The molecule has 1 atom stereocenters. The number of fused-ring (bicyclic) bond motifs is 1. The van der Waals surface area contributed by atoms with Crippen LogP contribution in [0.25, 0.3) is 5.69 Å². The van der Waals surface area contributed by atoms with Crippen LogP contribution in [0.15, 0.2) is 77.1 Å². The summed E-state index contributed by atoms with van der Waals surface area (Å²) in [5, 5.41) is 2.88. The Kier molecular flexibility index (Phi) is 4.89. The number of carbonyl (C=O) groups excluding carboxylic acids is 1. The lowest BCUT2D eigenvalue weighted by molar-refractivity contribution is -0.120. The molecule has 9 heteroatoms. The number of aromatic nitrogens is 2. The molecule has 1 amide bonds. The number of amides is 1. The Morgan fingerprint density at radius 3 is 2.69 bits per heavy atom. The van der Waals surface area contributed by atoms with Crippen molar-refractivity contribution >= 4 is 21.8 Å². The summed E-state index contributed by atoms with van der Waals surface area (Å²) in [6, 6.07) is 14.1. The van der Waals surface area contributed by atoms with Crippen molar-refractivity contribution in [2.24, 2.45) is 4.99 Å². The van der Waals surface area contributed by atoms with E-state index < -0.39 is 10.0 Å². The number of sulfonamides is 1. The topological polar surface area (TPSA) is 105 Å². The van der Waals surface area contributed by atoms with Gasteiger partial charge in [0, 0.05) is 23.6 Å². The van der Waals surface area contributed by atoms with Gasteiger partial charge in [0.05, 0.1) is 17.3 Å². The lowest BCUT2D eigenvalue weighted by Gasteiger charge is -2.14. The number of carbonyl (C=O) groups is 1. The molecule has 0 saturated heterocycles. The summed E-state index contributed by atoms with van der Waals surface area (Å²) in [4.78, 5) is 20.7. The summed E-state index contributed by atoms with van der Waals surface area (Å²) in [5.41, 5.74) is 2.40. The predicted octanol–water partition coefficient (Wildman–Crippen LogP) is 1.79. The van der Waals surface area contributed by atoms with Gasteiger partial charge in [-0.2, -0.15) is 0 Å². The molecule has 8 nitrogen and oxygen atoms in total. The van der Waals surface area contributed by atoms with E-state index in [4.69, 9.17) is 0 Å². The normalized spacial score (nSPS) is 16.8. The Morgan fingerprint density at radius 1 is 1.21 bits per heavy atom. The molecular formula is C20H19N5O3S. The van der Waals surface area contributed by atoms with Crippen LogP contribution in [0.1, 0.15) is 24.1 Å². The van der Waals surface area contributed by atoms with Gasteiger partial charge in [0.25, 0.3) is 10.0 Å². The molecule has 1 aromatic heterocycles. The van der Waals surface area contributed by atoms with Gasteiger partial charge in [0.1, 0.15) is 12.4 Å². The molecule has 0 aliphatic carbocycles. The molecule has 2 aromatic carbocycles. The van der Waals surface area contributed by atoms with E-state index in [-0.39, 0.29) is 29.2 Å². The number of hydrogen-bond acceptors (Lipinski definition) is 5. The maximum Gasteiger partial charge on any atom is 0.263 e. The van der Waals surface area contributed by atoms with Gasteiger partial charge in [-0.05, 0) is 36.8 Å². The summed E-state index contributed by atoms with van der Waals surface area (Å²) < 4.78 is 28.5. The number of aliphatic imine (C=N–C) groups is 1. The van der Waals surface area contributed by atoms with Crippen LogP contribution in [0.4, 0.5) is 0 Å². The van der Waals surface area contributed by atoms with E-state index in [9.17, 15) is 13.2 Å². The highest BCUT2D eigenvalue weighted by molar-refractivity contribution is 7.90. The van der Waals surface area contributed by atoms with E-state index in [0.717, 1.165) is 11.3 Å². The first-order valence-corrected chi connectivity index (χ1v) is 10.5. The zero-order chi connectivity index (χ0) is 20.4. The van der Waals surface area contributed by atoms with Crippen LogP contribution in [-0.2, 0) is 14.8 Å². The van der Waals surface area contributed by atoms with Crippen LogP contribution in [-0.4, -0.2) is 36.3 Å². The molecule has 4 rings (SSSR count). The summed E-state index contributed by atoms with van der Waals surface area (Å²) >= 11 is 0. The molecule has 2 N–H and O–H groups in total. The molecule has 0 fully saturated rings. The van der Waals surface area contributed by atoms with E-state index in [2.05, 4.69) is 20.0 Å². The second-order valence-electron chi connectivity index (χ2n) is 6.62. The van der Waals surface area contributed by atoms with Crippen LogP contribution >= 0.6 is 0 Å². The average Bonchev–Trinajstić information content (AvgIpc) is 3.34. The molecule has 0 unspecified atom stereocenters. The molecule has 3 aromatic rings. The number of nitrogens with one attached hydrogen (secondary N) is 2. The van der Waals surface area contributed by atoms with Gasteiger partial charge in [-0.25, -0.2) is 13.4 Å². The highest BCUT2D eigenvalue weighted by Gasteiger charge is 2.30. The first-order chi connectivity index (χ1) is 13.9. The number of hydrogen-bond donors (Lipinski definition) is 2. The molecular weight excluding hydrogens is 390 g/mol. The third-order valence-electron chi connectivity index (χ3n) is 4.62. The highest BCUT2D eigenvalue weighted by Crippen LogP contribution is 2.22. The molecule has 29 heavy (non-hydrogen) atoms. The quantitative estimate of drug-likeness (QED) is 0.670. The van der Waals surface area contributed by atoms with Gasteiger partial charge in [0.15, 0.2) is 0 Å². The summed E-state index contributed by atoms with van der Waals surface area (Å²) in [6.45, 7) is 1.70. The second kappa shape index (κ2) is 7.51. The third kappa shape index (κ3) is 3.90. The minimum Gasteiger partial charge on any atom is -0.348 e. The van der Waals surface area contributed by atoms with Crippen molar-refractivity contribution in [2.45, 2.75) is 17.9 Å². The number of rotatable bonds is 5. The number of imidazole rings is 1. The minimum atomic E-state index is -3.61. The Bertz CT molecular complexity index is 1170. The summed E-state index contributed by atoms with van der Waals surface area (Å²) in [5.74, 6) is -0.111. The number of benzene rings is 2. The Morgan fingerprint density at radius 2 is 1.97 bits per heavy atom. The van der Waals surface area contributed by atoms with E-state index in [1.54, 1.807) is 30.7 Å². The molecule has 0 saturated carbocycles.